The molecule has 0 radical (unpaired) electrons. The number of amides is 2. The van der Waals surface area contributed by atoms with Crippen molar-refractivity contribution in [3.05, 3.63) is 52.5 Å². The minimum atomic E-state index is -0.425. The second-order valence-corrected chi connectivity index (χ2v) is 7.31. The Morgan fingerprint density at radius 2 is 1.89 bits per heavy atom. The molecule has 1 aliphatic heterocycles. The Hall–Kier alpha value is -2.53. The van der Waals surface area contributed by atoms with E-state index in [9.17, 15) is 9.59 Å². The molecular weight excluding hydrogens is 376 g/mol. The molecule has 28 heavy (non-hydrogen) atoms. The predicted octanol–water partition coefficient (Wildman–Crippen LogP) is 4.47. The van der Waals surface area contributed by atoms with Gasteiger partial charge in [-0.25, -0.2) is 0 Å². The Balaban J connectivity index is 1.81. The molecule has 0 aliphatic carbocycles. The lowest BCUT2D eigenvalue weighted by Gasteiger charge is -2.20. The first-order valence-corrected chi connectivity index (χ1v) is 9.91. The van der Waals surface area contributed by atoms with E-state index >= 15 is 0 Å². The minimum Gasteiger partial charge on any atom is -0.495 e. The average molecular weight is 401 g/mol. The van der Waals surface area contributed by atoms with Crippen LogP contribution in [0.15, 0.2) is 36.4 Å². The summed E-state index contributed by atoms with van der Waals surface area (Å²) in [5, 5.41) is 3.60. The van der Waals surface area contributed by atoms with Gasteiger partial charge in [0.05, 0.1) is 18.7 Å². The Morgan fingerprint density at radius 3 is 2.50 bits per heavy atom. The van der Waals surface area contributed by atoms with Crippen molar-refractivity contribution in [2.45, 2.75) is 33.1 Å². The Bertz CT molecular complexity index is 875. The third-order valence-corrected chi connectivity index (χ3v) is 5.41. The van der Waals surface area contributed by atoms with Gasteiger partial charge in [0.15, 0.2) is 0 Å². The van der Waals surface area contributed by atoms with Crippen molar-refractivity contribution < 1.29 is 14.3 Å². The van der Waals surface area contributed by atoms with Gasteiger partial charge in [0.2, 0.25) is 11.8 Å². The number of methoxy groups -OCH3 is 1. The van der Waals surface area contributed by atoms with E-state index in [1.807, 2.05) is 18.2 Å². The van der Waals surface area contributed by atoms with E-state index in [0.717, 1.165) is 29.7 Å². The zero-order valence-corrected chi connectivity index (χ0v) is 17.2. The number of anilines is 2. The molecule has 1 saturated heterocycles. The van der Waals surface area contributed by atoms with E-state index < -0.39 is 5.92 Å². The number of ether oxygens (including phenoxy) is 1. The first-order valence-electron chi connectivity index (χ1n) is 9.54. The van der Waals surface area contributed by atoms with E-state index in [1.165, 1.54) is 0 Å². The van der Waals surface area contributed by atoms with Crippen LogP contribution >= 0.6 is 11.6 Å². The molecule has 0 aromatic heterocycles. The summed E-state index contributed by atoms with van der Waals surface area (Å²) in [6.45, 7) is 4.43. The van der Waals surface area contributed by atoms with Gasteiger partial charge < -0.3 is 15.0 Å². The molecule has 0 saturated carbocycles. The van der Waals surface area contributed by atoms with Crippen LogP contribution in [-0.2, 0) is 22.4 Å². The van der Waals surface area contributed by atoms with Gasteiger partial charge in [-0.15, -0.1) is 0 Å². The molecule has 1 N–H and O–H groups in total. The monoisotopic (exact) mass is 400 g/mol. The number of rotatable bonds is 6. The number of hydrogen-bond donors (Lipinski definition) is 1. The molecule has 6 heteroatoms. The van der Waals surface area contributed by atoms with E-state index in [4.69, 9.17) is 16.3 Å². The van der Waals surface area contributed by atoms with Crippen molar-refractivity contribution in [1.82, 2.24) is 0 Å². The van der Waals surface area contributed by atoms with Crippen LogP contribution in [0.25, 0.3) is 0 Å². The number of benzene rings is 2. The summed E-state index contributed by atoms with van der Waals surface area (Å²) < 4.78 is 5.36. The van der Waals surface area contributed by atoms with Gasteiger partial charge in [0.25, 0.3) is 0 Å². The highest BCUT2D eigenvalue weighted by Gasteiger charge is 2.36. The van der Waals surface area contributed by atoms with Crippen molar-refractivity contribution >= 4 is 34.8 Å². The summed E-state index contributed by atoms with van der Waals surface area (Å²) in [4.78, 5) is 27.1. The van der Waals surface area contributed by atoms with Gasteiger partial charge >= 0.3 is 0 Å². The maximum Gasteiger partial charge on any atom is 0.229 e. The van der Waals surface area contributed by atoms with Crippen LogP contribution < -0.4 is 15.0 Å². The van der Waals surface area contributed by atoms with Crippen molar-refractivity contribution in [3.8, 4) is 5.75 Å². The maximum absolute atomic E-state index is 12.9. The second-order valence-electron chi connectivity index (χ2n) is 6.87. The van der Waals surface area contributed by atoms with Crippen molar-refractivity contribution in [2.75, 3.05) is 23.9 Å². The second kappa shape index (κ2) is 8.65. The van der Waals surface area contributed by atoms with Gasteiger partial charge in [0.1, 0.15) is 5.75 Å². The summed E-state index contributed by atoms with van der Waals surface area (Å²) in [6, 6.07) is 11.2. The van der Waals surface area contributed by atoms with Crippen LogP contribution in [0.3, 0.4) is 0 Å². The van der Waals surface area contributed by atoms with Crippen LogP contribution in [0.5, 0.6) is 5.75 Å². The molecule has 1 fully saturated rings. The number of halogens is 1. The normalized spacial score (nSPS) is 16.4. The van der Waals surface area contributed by atoms with E-state index in [2.05, 4.69) is 19.2 Å². The number of nitrogens with one attached hydrogen (secondary N) is 1. The molecule has 1 aliphatic rings. The first kappa shape index (κ1) is 20.2. The number of carbonyl (C=O) groups excluding carboxylic acids is 2. The molecular formula is C22H25ClN2O3. The standard InChI is InChI=1S/C22H25ClN2O3/c1-4-14-7-6-8-15(5-2)21(14)24-22(27)16-11-20(26)25(13-16)18-12-17(23)9-10-19(18)28-3/h6-10,12,16H,4-5,11,13H2,1-3H3,(H,24,27). The first-order chi connectivity index (χ1) is 13.5. The summed E-state index contributed by atoms with van der Waals surface area (Å²) in [7, 11) is 1.55. The van der Waals surface area contributed by atoms with Crippen LogP contribution in [0.2, 0.25) is 5.02 Å². The number of para-hydroxylation sites is 1. The van der Waals surface area contributed by atoms with Gasteiger partial charge in [-0.05, 0) is 42.2 Å². The third-order valence-electron chi connectivity index (χ3n) is 5.17. The van der Waals surface area contributed by atoms with Crippen LogP contribution in [0, 0.1) is 5.92 Å². The zero-order chi connectivity index (χ0) is 20.3. The molecule has 2 aromatic carbocycles. The fourth-order valence-corrected chi connectivity index (χ4v) is 3.78. The summed E-state index contributed by atoms with van der Waals surface area (Å²) in [6.07, 6.45) is 1.83. The molecule has 1 heterocycles. The Morgan fingerprint density at radius 1 is 1.21 bits per heavy atom. The Labute approximate surface area is 170 Å². The van der Waals surface area contributed by atoms with Gasteiger partial charge in [-0.2, -0.15) is 0 Å². The third kappa shape index (κ3) is 3.99. The quantitative estimate of drug-likeness (QED) is 0.778. The molecule has 0 spiro atoms. The summed E-state index contributed by atoms with van der Waals surface area (Å²) >= 11 is 6.10. The molecule has 2 amide bonds. The molecule has 3 rings (SSSR count). The zero-order valence-electron chi connectivity index (χ0n) is 16.4. The topological polar surface area (TPSA) is 58.6 Å². The van der Waals surface area contributed by atoms with Crippen LogP contribution in [-0.4, -0.2) is 25.5 Å². The highest BCUT2D eigenvalue weighted by Crippen LogP contribution is 2.35. The van der Waals surface area contributed by atoms with Crippen LogP contribution in [0.1, 0.15) is 31.4 Å². The van der Waals surface area contributed by atoms with E-state index in [1.54, 1.807) is 30.2 Å². The van der Waals surface area contributed by atoms with Gasteiger partial charge in [-0.1, -0.05) is 43.6 Å². The van der Waals surface area contributed by atoms with Crippen molar-refractivity contribution in [2.24, 2.45) is 5.92 Å². The van der Waals surface area contributed by atoms with Gasteiger partial charge in [-0.3, -0.25) is 9.59 Å². The smallest absolute Gasteiger partial charge is 0.229 e. The lowest BCUT2D eigenvalue weighted by atomic mass is 10.0. The largest absolute Gasteiger partial charge is 0.495 e. The molecule has 148 valence electrons. The molecule has 1 unspecified atom stereocenters. The molecule has 2 aromatic rings. The lowest BCUT2D eigenvalue weighted by molar-refractivity contribution is -0.122. The summed E-state index contributed by atoms with van der Waals surface area (Å²) in [5.74, 6) is -0.109. The highest BCUT2D eigenvalue weighted by molar-refractivity contribution is 6.31. The molecule has 5 nitrogen and oxygen atoms in total. The van der Waals surface area contributed by atoms with Crippen LogP contribution in [0.4, 0.5) is 11.4 Å². The summed E-state index contributed by atoms with van der Waals surface area (Å²) in [5.41, 5.74) is 3.68. The van der Waals surface area contributed by atoms with Gasteiger partial charge in [0, 0.05) is 23.7 Å². The van der Waals surface area contributed by atoms with E-state index in [0.29, 0.717) is 23.0 Å². The highest BCUT2D eigenvalue weighted by atomic mass is 35.5. The maximum atomic E-state index is 12.9. The fourth-order valence-electron chi connectivity index (χ4n) is 3.62. The number of aryl methyl sites for hydroxylation is 2. The van der Waals surface area contributed by atoms with Crippen molar-refractivity contribution in [3.63, 3.8) is 0 Å². The van der Waals surface area contributed by atoms with Crippen molar-refractivity contribution in [1.29, 1.82) is 0 Å². The average Bonchev–Trinajstić information content (AvgIpc) is 3.09. The number of hydrogen-bond acceptors (Lipinski definition) is 3. The fraction of sp³-hybridized carbons (Fsp3) is 0.364. The predicted molar refractivity (Wildman–Crippen MR) is 112 cm³/mol. The lowest BCUT2D eigenvalue weighted by Crippen LogP contribution is -2.29. The molecule has 0 bridgehead atoms. The molecule has 1 atom stereocenters. The van der Waals surface area contributed by atoms with E-state index in [-0.39, 0.29) is 18.2 Å². The Kier molecular flexibility index (Phi) is 6.25. The number of nitrogens with zero attached hydrogens (tertiary/aromatic N) is 1. The SMILES string of the molecule is CCc1cccc(CC)c1NC(=O)C1CC(=O)N(c2cc(Cl)ccc2OC)C1. The minimum absolute atomic E-state index is 0.111. The number of carbonyl (C=O) groups is 2.